The molecule has 3 aromatic rings. The van der Waals surface area contributed by atoms with Gasteiger partial charge in [-0.1, -0.05) is 50.0 Å². The average molecular weight is 483 g/mol. The highest BCUT2D eigenvalue weighted by atomic mass is 28.3. The summed E-state index contributed by atoms with van der Waals surface area (Å²) in [6.07, 6.45) is 3.60. The van der Waals surface area contributed by atoms with E-state index in [0.717, 1.165) is 22.9 Å². The van der Waals surface area contributed by atoms with Crippen LogP contribution < -0.4 is 10.1 Å². The van der Waals surface area contributed by atoms with Crippen LogP contribution in [0.25, 0.3) is 11.3 Å². The monoisotopic (exact) mass is 482 g/mol. The van der Waals surface area contributed by atoms with E-state index in [1.54, 1.807) is 7.05 Å². The molecule has 3 rings (SSSR count). The molecule has 0 bridgehead atoms. The first-order valence-corrected chi connectivity index (χ1v) is 15.6. The number of rotatable bonds is 11. The number of carbonyl (C=O) groups is 1. The molecule has 0 fully saturated rings. The molecule has 0 saturated carbocycles. The highest BCUT2D eigenvalue weighted by molar-refractivity contribution is 6.76. The molecule has 7 nitrogen and oxygen atoms in total. The Balaban J connectivity index is 2.01. The maximum absolute atomic E-state index is 13.0. The largest absolute Gasteiger partial charge is 0.484 e. The van der Waals surface area contributed by atoms with Crippen molar-refractivity contribution in [2.24, 2.45) is 0 Å². The Bertz CT molecular complexity index is 1080. The zero-order valence-corrected chi connectivity index (χ0v) is 22.5. The van der Waals surface area contributed by atoms with Crippen molar-refractivity contribution < 1.29 is 14.3 Å². The highest BCUT2D eigenvalue weighted by Crippen LogP contribution is 2.34. The lowest BCUT2D eigenvalue weighted by molar-refractivity contribution is 0.0792. The number of carbonyl (C=O) groups excluding carboxylic acids is 1. The van der Waals surface area contributed by atoms with Crippen LogP contribution in [0.1, 0.15) is 49.0 Å². The predicted octanol–water partition coefficient (Wildman–Crippen LogP) is 5.74. The van der Waals surface area contributed by atoms with Crippen LogP contribution in [0.15, 0.2) is 48.8 Å². The van der Waals surface area contributed by atoms with Crippen molar-refractivity contribution in [3.8, 4) is 17.0 Å². The molecule has 2 aromatic heterocycles. The molecule has 0 aliphatic heterocycles. The van der Waals surface area contributed by atoms with Crippen LogP contribution in [-0.4, -0.2) is 42.0 Å². The van der Waals surface area contributed by atoms with Gasteiger partial charge in [-0.25, -0.2) is 0 Å². The molecule has 0 saturated heterocycles. The summed E-state index contributed by atoms with van der Waals surface area (Å²) >= 11 is 0. The second kappa shape index (κ2) is 11.1. The van der Waals surface area contributed by atoms with Gasteiger partial charge < -0.3 is 19.4 Å². The normalized spacial score (nSPS) is 12.7. The quantitative estimate of drug-likeness (QED) is 0.279. The fraction of sp³-hybridized carbons (Fsp3) is 0.462. The number of nitrogens with zero attached hydrogens (tertiary/aromatic N) is 3. The van der Waals surface area contributed by atoms with E-state index in [0.29, 0.717) is 18.1 Å². The first-order chi connectivity index (χ1) is 16.1. The van der Waals surface area contributed by atoms with Crippen LogP contribution in [0.4, 0.5) is 0 Å². The molecule has 0 aliphatic carbocycles. The van der Waals surface area contributed by atoms with Gasteiger partial charge in [0.05, 0.1) is 11.9 Å². The third-order valence-electron chi connectivity index (χ3n) is 5.72. The molecular formula is C26H38N4O3Si. The summed E-state index contributed by atoms with van der Waals surface area (Å²) in [7, 11) is 0.401. The molecule has 1 amide bonds. The molecule has 1 atom stereocenters. The van der Waals surface area contributed by atoms with E-state index < -0.39 is 8.07 Å². The number of amides is 1. The number of benzene rings is 1. The smallest absolute Gasteiger partial charge is 0.271 e. The number of ether oxygens (including phenoxy) is 2. The van der Waals surface area contributed by atoms with Crippen molar-refractivity contribution in [3.05, 3.63) is 60.0 Å². The van der Waals surface area contributed by atoms with Crippen molar-refractivity contribution in [2.45, 2.75) is 65.3 Å². The van der Waals surface area contributed by atoms with Gasteiger partial charge in [-0.3, -0.25) is 9.48 Å². The number of hydrogen-bond donors (Lipinski definition) is 1. The Morgan fingerprint density at radius 2 is 1.85 bits per heavy atom. The second-order valence-corrected chi connectivity index (χ2v) is 15.7. The highest BCUT2D eigenvalue weighted by Gasteiger charge is 2.25. The van der Waals surface area contributed by atoms with E-state index in [-0.39, 0.29) is 24.8 Å². The van der Waals surface area contributed by atoms with Crippen LogP contribution in [0, 0.1) is 0 Å². The molecular weight excluding hydrogens is 444 g/mol. The number of nitrogens with one attached hydrogen (secondary N) is 1. The fourth-order valence-corrected chi connectivity index (χ4v) is 4.37. The van der Waals surface area contributed by atoms with Gasteiger partial charge in [0.2, 0.25) is 0 Å². The molecule has 0 radical (unpaired) electrons. The summed E-state index contributed by atoms with van der Waals surface area (Å²) < 4.78 is 16.2. The standard InChI is InChI=1S/C26H38N4O3Si/c1-19(2)30-17-22(16-28-30)23-15-24(33-20(3)21-11-9-8-10-12-21)25(26(31)27-4)29(23)18-32-13-14-34(5,6)7/h8-12,15-17,19-20H,13-14,18H2,1-7H3,(H,27,31)/t20-/m0/s1. The van der Waals surface area contributed by atoms with Gasteiger partial charge in [-0.05, 0) is 32.4 Å². The molecule has 0 spiro atoms. The molecule has 34 heavy (non-hydrogen) atoms. The first kappa shape index (κ1) is 25.8. The van der Waals surface area contributed by atoms with E-state index in [2.05, 4.69) is 43.9 Å². The van der Waals surface area contributed by atoms with Gasteiger partial charge in [0.15, 0.2) is 11.4 Å². The topological polar surface area (TPSA) is 70.3 Å². The van der Waals surface area contributed by atoms with Gasteiger partial charge in [-0.15, -0.1) is 0 Å². The predicted molar refractivity (Wildman–Crippen MR) is 139 cm³/mol. The van der Waals surface area contributed by atoms with Crippen molar-refractivity contribution in [1.29, 1.82) is 0 Å². The van der Waals surface area contributed by atoms with E-state index in [9.17, 15) is 4.79 Å². The Morgan fingerprint density at radius 3 is 2.44 bits per heavy atom. The SMILES string of the molecule is CNC(=O)c1c(O[C@@H](C)c2ccccc2)cc(-c2cnn(C(C)C)c2)n1COCC[Si](C)(C)C. The zero-order chi connectivity index (χ0) is 24.9. The molecule has 0 aliphatic rings. The zero-order valence-electron chi connectivity index (χ0n) is 21.5. The van der Waals surface area contributed by atoms with Gasteiger partial charge in [-0.2, -0.15) is 5.10 Å². The van der Waals surface area contributed by atoms with Crippen LogP contribution in [0.5, 0.6) is 5.75 Å². The minimum absolute atomic E-state index is 0.216. The van der Waals surface area contributed by atoms with Crippen LogP contribution in [0.3, 0.4) is 0 Å². The Hall–Kier alpha value is -2.84. The number of aromatic nitrogens is 3. The van der Waals surface area contributed by atoms with Gasteiger partial charge in [0.1, 0.15) is 12.8 Å². The molecule has 2 heterocycles. The summed E-state index contributed by atoms with van der Waals surface area (Å²) in [6.45, 7) is 14.0. The molecule has 8 heteroatoms. The van der Waals surface area contributed by atoms with Crippen molar-refractivity contribution >= 4 is 14.0 Å². The summed E-state index contributed by atoms with van der Waals surface area (Å²) in [5.41, 5.74) is 3.24. The second-order valence-electron chi connectivity index (χ2n) is 10.1. The van der Waals surface area contributed by atoms with E-state index >= 15 is 0 Å². The Kier molecular flexibility index (Phi) is 8.38. The summed E-state index contributed by atoms with van der Waals surface area (Å²) in [6, 6.07) is 13.2. The van der Waals surface area contributed by atoms with E-state index in [1.165, 1.54) is 0 Å². The molecule has 1 N–H and O–H groups in total. The van der Waals surface area contributed by atoms with Gasteiger partial charge >= 0.3 is 0 Å². The lowest BCUT2D eigenvalue weighted by Gasteiger charge is -2.18. The minimum Gasteiger partial charge on any atom is -0.484 e. The summed E-state index contributed by atoms with van der Waals surface area (Å²) in [5, 5.41) is 7.27. The summed E-state index contributed by atoms with van der Waals surface area (Å²) in [5.74, 6) is 0.309. The maximum Gasteiger partial charge on any atom is 0.271 e. The third-order valence-corrected chi connectivity index (χ3v) is 7.42. The minimum atomic E-state index is -1.23. The van der Waals surface area contributed by atoms with Crippen LogP contribution in [-0.2, 0) is 11.5 Å². The maximum atomic E-state index is 13.0. The fourth-order valence-electron chi connectivity index (χ4n) is 3.61. The lowest BCUT2D eigenvalue weighted by atomic mass is 10.1. The molecule has 1 aromatic carbocycles. The Morgan fingerprint density at radius 1 is 1.15 bits per heavy atom. The molecule has 184 valence electrons. The third kappa shape index (κ3) is 6.39. The van der Waals surface area contributed by atoms with Crippen molar-refractivity contribution in [2.75, 3.05) is 13.7 Å². The summed E-state index contributed by atoms with van der Waals surface area (Å²) in [4.78, 5) is 13.0. The van der Waals surface area contributed by atoms with Crippen LogP contribution in [0.2, 0.25) is 25.7 Å². The first-order valence-electron chi connectivity index (χ1n) is 11.9. The van der Waals surface area contributed by atoms with Gasteiger partial charge in [0, 0.05) is 45.6 Å². The van der Waals surface area contributed by atoms with Crippen molar-refractivity contribution in [3.63, 3.8) is 0 Å². The van der Waals surface area contributed by atoms with Crippen LogP contribution >= 0.6 is 0 Å². The van der Waals surface area contributed by atoms with E-state index in [4.69, 9.17) is 9.47 Å². The molecule has 0 unspecified atom stereocenters. The number of hydrogen-bond acceptors (Lipinski definition) is 4. The van der Waals surface area contributed by atoms with Gasteiger partial charge in [0.25, 0.3) is 5.91 Å². The lowest BCUT2D eigenvalue weighted by Crippen LogP contribution is -2.25. The van der Waals surface area contributed by atoms with E-state index in [1.807, 2.05) is 65.0 Å². The average Bonchev–Trinajstić information content (AvgIpc) is 3.41. The Labute approximate surface area is 204 Å². The van der Waals surface area contributed by atoms with Crippen molar-refractivity contribution in [1.82, 2.24) is 19.7 Å².